The van der Waals surface area contributed by atoms with Crippen LogP contribution in [0.4, 0.5) is 0 Å². The molecule has 35 heavy (non-hydrogen) atoms. The van der Waals surface area contributed by atoms with E-state index in [1.54, 1.807) is 107 Å². The maximum Gasteiger partial charge on any atom is 0.335 e. The molecular weight excluding hydrogens is 463 g/mol. The highest BCUT2D eigenvalue weighted by Gasteiger charge is 2.22. The number of carbonyl (C=O) groups is 1. The van der Waals surface area contributed by atoms with Crippen molar-refractivity contribution in [2.24, 2.45) is 0 Å². The lowest BCUT2D eigenvalue weighted by atomic mass is 9.95. The van der Waals surface area contributed by atoms with Crippen LogP contribution in [0.25, 0.3) is 0 Å². The minimum atomic E-state index is -3.40. The molecule has 0 aromatic heterocycles. The first-order valence-electron chi connectivity index (χ1n) is 11.4. The molecule has 190 valence electrons. The minimum Gasteiger partial charge on any atom is -0.478 e. The molecule has 0 saturated heterocycles. The van der Waals surface area contributed by atoms with Crippen molar-refractivity contribution >= 4 is 23.9 Å². The van der Waals surface area contributed by atoms with Crippen molar-refractivity contribution in [1.29, 1.82) is 0 Å². The molecule has 3 aromatic rings. The number of carboxylic acid groups (broad SMARTS) is 1. The van der Waals surface area contributed by atoms with Crippen LogP contribution in [0.2, 0.25) is 0 Å². The van der Waals surface area contributed by atoms with Gasteiger partial charge in [-0.15, -0.1) is 0 Å². The van der Waals surface area contributed by atoms with E-state index in [0.717, 1.165) is 19.3 Å². The van der Waals surface area contributed by atoms with E-state index < -0.39 is 24.5 Å². The Morgan fingerprint density at radius 2 is 1.00 bits per heavy atom. The molecule has 0 aliphatic carbocycles. The molecule has 0 aliphatic rings. The average Bonchev–Trinajstić information content (AvgIpc) is 2.80. The van der Waals surface area contributed by atoms with Crippen LogP contribution in [0.15, 0.2) is 91.0 Å². The van der Waals surface area contributed by atoms with Crippen LogP contribution in [0, 0.1) is 0 Å². The first kappa shape index (κ1) is 30.3. The highest BCUT2D eigenvalue weighted by atomic mass is 31.2. The smallest absolute Gasteiger partial charge is 0.335 e. The summed E-state index contributed by atoms with van der Waals surface area (Å²) in [5.74, 6) is -0.879. The standard InChI is InChI=1S/C12H11O2P.C9H20O2.C7H6O2/c13-15(14,11-7-3-1-4-8-11)12-9-5-2-6-10-12;1-8(2,10)6-5-7-9(3,4)11;8-7(9)6-4-2-1-3-5-6/h1-10H,(H,13,14);10-11H,5-7H2,1-4H3;1-5H,(H,8,9). The fraction of sp³-hybridized carbons (Fsp3) is 0.321. The molecule has 0 saturated carbocycles. The number of carboxylic acids is 1. The number of hydrogen-bond acceptors (Lipinski definition) is 4. The van der Waals surface area contributed by atoms with Gasteiger partial charge in [0.1, 0.15) is 0 Å². The quantitative estimate of drug-likeness (QED) is 0.340. The summed E-state index contributed by atoms with van der Waals surface area (Å²) < 4.78 is 12.2. The zero-order valence-electron chi connectivity index (χ0n) is 20.8. The predicted octanol–water partition coefficient (Wildman–Crippen LogP) is 4.99. The van der Waals surface area contributed by atoms with Crippen molar-refractivity contribution in [2.75, 3.05) is 0 Å². The summed E-state index contributed by atoms with van der Waals surface area (Å²) in [4.78, 5) is 20.2. The van der Waals surface area contributed by atoms with Gasteiger partial charge in [-0.3, -0.25) is 4.57 Å². The summed E-state index contributed by atoms with van der Waals surface area (Å²) in [6, 6.07) is 25.7. The van der Waals surface area contributed by atoms with Crippen LogP contribution < -0.4 is 10.6 Å². The highest BCUT2D eigenvalue weighted by Crippen LogP contribution is 2.37. The Hall–Kier alpha value is -2.76. The lowest BCUT2D eigenvalue weighted by Crippen LogP contribution is -2.22. The fourth-order valence-electron chi connectivity index (χ4n) is 2.94. The first-order valence-corrected chi connectivity index (χ1v) is 13.1. The molecule has 0 heterocycles. The second-order valence-electron chi connectivity index (χ2n) is 9.40. The lowest BCUT2D eigenvalue weighted by Gasteiger charge is -2.21. The maximum absolute atomic E-state index is 12.2. The van der Waals surface area contributed by atoms with E-state index in [1.807, 2.05) is 12.1 Å². The molecule has 3 aromatic carbocycles. The van der Waals surface area contributed by atoms with Gasteiger partial charge in [-0.2, -0.15) is 0 Å². The third kappa shape index (κ3) is 13.1. The van der Waals surface area contributed by atoms with Gasteiger partial charge in [0, 0.05) is 10.6 Å². The third-order valence-corrected chi connectivity index (χ3v) is 6.81. The van der Waals surface area contributed by atoms with Crippen molar-refractivity contribution < 1.29 is 29.6 Å². The van der Waals surface area contributed by atoms with Gasteiger partial charge in [0.25, 0.3) is 7.37 Å². The molecule has 0 unspecified atom stereocenters. The predicted molar refractivity (Wildman–Crippen MR) is 142 cm³/mol. The van der Waals surface area contributed by atoms with Crippen LogP contribution >= 0.6 is 7.37 Å². The van der Waals surface area contributed by atoms with E-state index in [0.29, 0.717) is 16.2 Å². The number of aliphatic hydroxyl groups is 2. The second-order valence-corrected chi connectivity index (χ2v) is 11.6. The zero-order chi connectivity index (χ0) is 26.5. The molecule has 7 heteroatoms. The van der Waals surface area contributed by atoms with Crippen molar-refractivity contribution in [1.82, 2.24) is 0 Å². The van der Waals surface area contributed by atoms with Gasteiger partial charge in [0.2, 0.25) is 0 Å². The normalized spacial score (nSPS) is 11.4. The van der Waals surface area contributed by atoms with Gasteiger partial charge in [0.05, 0.1) is 16.8 Å². The van der Waals surface area contributed by atoms with Gasteiger partial charge >= 0.3 is 5.97 Å². The SMILES string of the molecule is CC(C)(O)CCCC(C)(C)O.O=C(O)c1ccccc1.O=P(O)(c1ccccc1)c1ccccc1. The van der Waals surface area contributed by atoms with Crippen LogP contribution in [0.1, 0.15) is 57.3 Å². The van der Waals surface area contributed by atoms with Crippen molar-refractivity contribution in [3.8, 4) is 0 Å². The van der Waals surface area contributed by atoms with Crippen LogP contribution in [0.3, 0.4) is 0 Å². The lowest BCUT2D eigenvalue weighted by molar-refractivity contribution is 0.0412. The topological polar surface area (TPSA) is 115 Å². The highest BCUT2D eigenvalue weighted by molar-refractivity contribution is 7.73. The summed E-state index contributed by atoms with van der Waals surface area (Å²) in [5.41, 5.74) is -0.853. The Morgan fingerprint density at radius 1 is 0.686 bits per heavy atom. The van der Waals surface area contributed by atoms with Gasteiger partial charge in [-0.1, -0.05) is 54.6 Å². The number of benzene rings is 3. The second kappa shape index (κ2) is 14.0. The van der Waals surface area contributed by atoms with E-state index >= 15 is 0 Å². The van der Waals surface area contributed by atoms with E-state index in [9.17, 15) is 24.5 Å². The Morgan fingerprint density at radius 3 is 1.26 bits per heavy atom. The van der Waals surface area contributed by atoms with E-state index in [2.05, 4.69) is 0 Å². The Labute approximate surface area is 208 Å². The average molecular weight is 501 g/mol. The third-order valence-electron chi connectivity index (χ3n) is 4.81. The van der Waals surface area contributed by atoms with Gasteiger partial charge in [-0.05, 0) is 83.4 Å². The zero-order valence-corrected chi connectivity index (χ0v) is 21.7. The van der Waals surface area contributed by atoms with E-state index in [1.165, 1.54) is 0 Å². The van der Waals surface area contributed by atoms with Crippen molar-refractivity contribution in [3.63, 3.8) is 0 Å². The van der Waals surface area contributed by atoms with E-state index in [4.69, 9.17) is 5.11 Å². The Bertz CT molecular complexity index is 982. The fourth-order valence-corrected chi connectivity index (χ4v) is 4.39. The molecule has 3 rings (SSSR count). The molecule has 4 N–H and O–H groups in total. The number of hydrogen-bond donors (Lipinski definition) is 4. The van der Waals surface area contributed by atoms with Gasteiger partial charge in [0.15, 0.2) is 0 Å². The summed E-state index contributed by atoms with van der Waals surface area (Å²) in [5, 5.41) is 28.0. The number of aromatic carboxylic acids is 1. The molecular formula is C28H37O6P. The summed E-state index contributed by atoms with van der Waals surface area (Å²) in [6.45, 7) is 7.16. The molecule has 6 nitrogen and oxygen atoms in total. The van der Waals surface area contributed by atoms with Gasteiger partial charge < -0.3 is 20.2 Å². The first-order chi connectivity index (χ1) is 16.2. The van der Waals surface area contributed by atoms with E-state index in [-0.39, 0.29) is 0 Å². The van der Waals surface area contributed by atoms with Gasteiger partial charge in [-0.25, -0.2) is 4.79 Å². The Balaban J connectivity index is 0.000000273. The number of rotatable bonds is 7. The molecule has 0 fully saturated rings. The van der Waals surface area contributed by atoms with Crippen LogP contribution in [-0.2, 0) is 4.57 Å². The van der Waals surface area contributed by atoms with Crippen LogP contribution in [0.5, 0.6) is 0 Å². The van der Waals surface area contributed by atoms with Crippen molar-refractivity contribution in [2.45, 2.75) is 58.2 Å². The minimum absolute atomic E-state index is 0.331. The largest absolute Gasteiger partial charge is 0.478 e. The van der Waals surface area contributed by atoms with Crippen molar-refractivity contribution in [3.05, 3.63) is 96.6 Å². The molecule has 0 amide bonds. The molecule has 0 atom stereocenters. The molecule has 0 spiro atoms. The summed E-state index contributed by atoms with van der Waals surface area (Å²) in [6.07, 6.45) is 2.36. The Kier molecular flexibility index (Phi) is 12.1. The summed E-state index contributed by atoms with van der Waals surface area (Å²) in [7, 11) is -3.40. The molecule has 0 radical (unpaired) electrons. The van der Waals surface area contributed by atoms with Crippen LogP contribution in [-0.4, -0.2) is 37.4 Å². The molecule has 0 bridgehead atoms. The summed E-state index contributed by atoms with van der Waals surface area (Å²) >= 11 is 0. The monoisotopic (exact) mass is 500 g/mol. The molecule has 0 aliphatic heterocycles. The maximum atomic E-state index is 12.2.